The third kappa shape index (κ3) is 6.02. The number of rotatable bonds is 9. The molecule has 6 nitrogen and oxygen atoms in total. The number of carbonyl (C=O) groups excluding carboxylic acids is 2. The molecular weight excluding hydrogens is 344 g/mol. The van der Waals surface area contributed by atoms with Gasteiger partial charge < -0.3 is 20.1 Å². The molecule has 0 aliphatic rings. The van der Waals surface area contributed by atoms with Crippen molar-refractivity contribution >= 4 is 17.6 Å². The highest BCUT2D eigenvalue weighted by Crippen LogP contribution is 2.24. The lowest BCUT2D eigenvalue weighted by atomic mass is 10.1. The first-order valence-electron chi connectivity index (χ1n) is 8.98. The molecule has 2 N–H and O–H groups in total. The van der Waals surface area contributed by atoms with Crippen molar-refractivity contribution in [1.29, 1.82) is 0 Å². The van der Waals surface area contributed by atoms with Crippen LogP contribution >= 0.6 is 0 Å². The number of ether oxygens (including phenoxy) is 2. The van der Waals surface area contributed by atoms with E-state index in [1.165, 1.54) is 0 Å². The summed E-state index contributed by atoms with van der Waals surface area (Å²) < 4.78 is 10.4. The van der Waals surface area contributed by atoms with Crippen LogP contribution in [0.2, 0.25) is 0 Å². The second-order valence-electron chi connectivity index (χ2n) is 6.10. The van der Waals surface area contributed by atoms with Crippen molar-refractivity contribution in [2.75, 3.05) is 25.6 Å². The summed E-state index contributed by atoms with van der Waals surface area (Å²) >= 11 is 0. The van der Waals surface area contributed by atoms with E-state index in [-0.39, 0.29) is 24.5 Å². The second-order valence-corrected chi connectivity index (χ2v) is 6.10. The Labute approximate surface area is 159 Å². The number of para-hydroxylation sites is 1. The molecule has 0 saturated carbocycles. The van der Waals surface area contributed by atoms with Crippen molar-refractivity contribution in [3.8, 4) is 5.75 Å². The number of hydrogen-bond donors (Lipinski definition) is 2. The van der Waals surface area contributed by atoms with Gasteiger partial charge in [-0.1, -0.05) is 25.1 Å². The van der Waals surface area contributed by atoms with Gasteiger partial charge in [0.05, 0.1) is 31.9 Å². The van der Waals surface area contributed by atoms with Crippen molar-refractivity contribution < 1.29 is 19.1 Å². The molecule has 1 atom stereocenters. The Bertz CT molecular complexity index is 759. The summed E-state index contributed by atoms with van der Waals surface area (Å²) in [6.45, 7) is 4.38. The Morgan fingerprint density at radius 1 is 1.07 bits per heavy atom. The van der Waals surface area contributed by atoms with E-state index in [1.807, 2.05) is 38.1 Å². The minimum atomic E-state index is -0.341. The van der Waals surface area contributed by atoms with Crippen LogP contribution in [0.5, 0.6) is 5.75 Å². The standard InChI is InChI=1S/C21H26N2O4/c1-4-13-27-21(25)16-9-11-17(12-10-16)22-14-20(24)23-15(2)18-7-5-6-8-19(18)26-3/h5-12,15,22H,4,13-14H2,1-3H3,(H,23,24). The van der Waals surface area contributed by atoms with Crippen molar-refractivity contribution in [1.82, 2.24) is 5.32 Å². The van der Waals surface area contributed by atoms with Gasteiger partial charge in [-0.25, -0.2) is 4.79 Å². The topological polar surface area (TPSA) is 76.7 Å². The summed E-state index contributed by atoms with van der Waals surface area (Å²) in [6.07, 6.45) is 0.785. The predicted octanol–water partition coefficient (Wildman–Crippen LogP) is 3.55. The fourth-order valence-corrected chi connectivity index (χ4v) is 2.58. The molecule has 2 aromatic carbocycles. The van der Waals surface area contributed by atoms with Crippen LogP contribution in [-0.4, -0.2) is 32.1 Å². The summed E-state index contributed by atoms with van der Waals surface area (Å²) in [7, 11) is 1.61. The average molecular weight is 370 g/mol. The molecule has 0 aliphatic carbocycles. The third-order valence-electron chi connectivity index (χ3n) is 3.99. The molecule has 144 valence electrons. The number of hydrogen-bond acceptors (Lipinski definition) is 5. The first-order valence-corrected chi connectivity index (χ1v) is 8.98. The van der Waals surface area contributed by atoms with Gasteiger partial charge in [0.25, 0.3) is 0 Å². The lowest BCUT2D eigenvalue weighted by Crippen LogP contribution is -2.32. The number of nitrogens with one attached hydrogen (secondary N) is 2. The van der Waals surface area contributed by atoms with Gasteiger partial charge in [0.2, 0.25) is 5.91 Å². The predicted molar refractivity (Wildman–Crippen MR) is 105 cm³/mol. The van der Waals surface area contributed by atoms with Crippen molar-refractivity contribution in [2.45, 2.75) is 26.3 Å². The molecule has 0 saturated heterocycles. The molecule has 1 unspecified atom stereocenters. The normalized spacial score (nSPS) is 11.4. The Kier molecular flexibility index (Phi) is 7.67. The molecule has 0 spiro atoms. The molecule has 2 aromatic rings. The van der Waals surface area contributed by atoms with Gasteiger partial charge in [0, 0.05) is 11.3 Å². The highest BCUT2D eigenvalue weighted by Gasteiger charge is 2.13. The Morgan fingerprint density at radius 3 is 2.44 bits per heavy atom. The largest absolute Gasteiger partial charge is 0.496 e. The van der Waals surface area contributed by atoms with Crippen LogP contribution in [-0.2, 0) is 9.53 Å². The second kappa shape index (κ2) is 10.2. The number of anilines is 1. The summed E-state index contributed by atoms with van der Waals surface area (Å²) in [5.74, 6) is 0.260. The summed E-state index contributed by atoms with van der Waals surface area (Å²) in [5, 5.41) is 5.98. The van der Waals surface area contributed by atoms with Crippen LogP contribution in [0.4, 0.5) is 5.69 Å². The molecular formula is C21H26N2O4. The van der Waals surface area contributed by atoms with Crippen LogP contribution in [0.15, 0.2) is 48.5 Å². The smallest absolute Gasteiger partial charge is 0.338 e. The van der Waals surface area contributed by atoms with E-state index in [1.54, 1.807) is 31.4 Å². The Morgan fingerprint density at radius 2 is 1.78 bits per heavy atom. The molecule has 0 heterocycles. The highest BCUT2D eigenvalue weighted by molar-refractivity contribution is 5.90. The molecule has 0 bridgehead atoms. The molecule has 1 amide bonds. The zero-order chi connectivity index (χ0) is 19.6. The number of amides is 1. The Balaban J connectivity index is 1.85. The lowest BCUT2D eigenvalue weighted by molar-refractivity contribution is -0.120. The number of carbonyl (C=O) groups is 2. The fourth-order valence-electron chi connectivity index (χ4n) is 2.58. The third-order valence-corrected chi connectivity index (χ3v) is 3.99. The molecule has 0 aromatic heterocycles. The van der Waals surface area contributed by atoms with Crippen molar-refractivity contribution in [3.63, 3.8) is 0 Å². The van der Waals surface area contributed by atoms with Crippen molar-refractivity contribution in [3.05, 3.63) is 59.7 Å². The minimum Gasteiger partial charge on any atom is -0.496 e. The SMILES string of the molecule is CCCOC(=O)c1ccc(NCC(=O)NC(C)c2ccccc2OC)cc1. The lowest BCUT2D eigenvalue weighted by Gasteiger charge is -2.17. The van der Waals surface area contributed by atoms with Crippen LogP contribution < -0.4 is 15.4 Å². The van der Waals surface area contributed by atoms with Gasteiger partial charge in [0.15, 0.2) is 0 Å². The monoisotopic (exact) mass is 370 g/mol. The quantitative estimate of drug-likeness (QED) is 0.660. The van der Waals surface area contributed by atoms with Gasteiger partial charge in [0.1, 0.15) is 5.75 Å². The van der Waals surface area contributed by atoms with Gasteiger partial charge in [-0.15, -0.1) is 0 Å². The van der Waals surface area contributed by atoms with E-state index < -0.39 is 0 Å². The molecule has 0 radical (unpaired) electrons. The van der Waals surface area contributed by atoms with Crippen LogP contribution in [0.25, 0.3) is 0 Å². The first-order chi connectivity index (χ1) is 13.0. The zero-order valence-electron chi connectivity index (χ0n) is 16.0. The van der Waals surface area contributed by atoms with E-state index in [0.717, 1.165) is 23.4 Å². The number of esters is 1. The first kappa shape index (κ1) is 20.3. The minimum absolute atomic E-state index is 0.124. The van der Waals surface area contributed by atoms with E-state index in [4.69, 9.17) is 9.47 Å². The van der Waals surface area contributed by atoms with Crippen LogP contribution in [0, 0.1) is 0 Å². The summed E-state index contributed by atoms with van der Waals surface area (Å²) in [6, 6.07) is 14.3. The Hall–Kier alpha value is -3.02. The zero-order valence-corrected chi connectivity index (χ0v) is 16.0. The molecule has 0 fully saturated rings. The summed E-state index contributed by atoms with van der Waals surface area (Å²) in [4.78, 5) is 24.0. The van der Waals surface area contributed by atoms with Gasteiger partial charge in [-0.3, -0.25) is 4.79 Å². The molecule has 27 heavy (non-hydrogen) atoms. The number of methoxy groups -OCH3 is 1. The molecule has 6 heteroatoms. The summed E-state index contributed by atoms with van der Waals surface area (Å²) in [5.41, 5.74) is 2.16. The van der Waals surface area contributed by atoms with Crippen LogP contribution in [0.3, 0.4) is 0 Å². The highest BCUT2D eigenvalue weighted by atomic mass is 16.5. The molecule has 2 rings (SSSR count). The van der Waals surface area contributed by atoms with E-state index >= 15 is 0 Å². The maximum Gasteiger partial charge on any atom is 0.338 e. The maximum atomic E-state index is 12.2. The average Bonchev–Trinajstić information content (AvgIpc) is 2.70. The maximum absolute atomic E-state index is 12.2. The van der Waals surface area contributed by atoms with E-state index in [2.05, 4.69) is 10.6 Å². The molecule has 0 aliphatic heterocycles. The van der Waals surface area contributed by atoms with Gasteiger partial charge in [-0.05, 0) is 43.7 Å². The number of benzene rings is 2. The van der Waals surface area contributed by atoms with Crippen LogP contribution in [0.1, 0.15) is 42.2 Å². The van der Waals surface area contributed by atoms with Crippen molar-refractivity contribution in [2.24, 2.45) is 0 Å². The van der Waals surface area contributed by atoms with E-state index in [9.17, 15) is 9.59 Å². The fraction of sp³-hybridized carbons (Fsp3) is 0.333. The van der Waals surface area contributed by atoms with Gasteiger partial charge in [-0.2, -0.15) is 0 Å². The van der Waals surface area contributed by atoms with Gasteiger partial charge >= 0.3 is 5.97 Å². The van der Waals surface area contributed by atoms with E-state index in [0.29, 0.717) is 12.2 Å².